The molecule has 108 valence electrons. The van der Waals surface area contributed by atoms with Gasteiger partial charge in [0, 0.05) is 25.8 Å². The van der Waals surface area contributed by atoms with Crippen LogP contribution in [0.3, 0.4) is 0 Å². The molecule has 4 nitrogen and oxygen atoms in total. The van der Waals surface area contributed by atoms with Crippen LogP contribution in [0, 0.1) is 0 Å². The van der Waals surface area contributed by atoms with Crippen molar-refractivity contribution in [1.82, 2.24) is 14.7 Å². The molecule has 1 fully saturated rings. The van der Waals surface area contributed by atoms with Gasteiger partial charge in [0.2, 0.25) is 0 Å². The number of pyridine rings is 1. The van der Waals surface area contributed by atoms with Crippen molar-refractivity contribution in [2.24, 2.45) is 0 Å². The van der Waals surface area contributed by atoms with E-state index in [1.807, 2.05) is 7.05 Å². The predicted molar refractivity (Wildman–Crippen MR) is 83.3 cm³/mol. The van der Waals surface area contributed by atoms with Gasteiger partial charge in [-0.25, -0.2) is 4.98 Å². The molecule has 0 spiro atoms. The van der Waals surface area contributed by atoms with Crippen molar-refractivity contribution in [2.45, 2.75) is 38.6 Å². The van der Waals surface area contributed by atoms with Crippen LogP contribution in [0.25, 0.3) is 5.65 Å². The van der Waals surface area contributed by atoms with Gasteiger partial charge in [-0.2, -0.15) is 0 Å². The minimum Gasteiger partial charge on any atom is -0.355 e. The highest BCUT2D eigenvalue weighted by Gasteiger charge is 2.18. The second-order valence-corrected chi connectivity index (χ2v) is 5.60. The maximum absolute atomic E-state index is 4.88. The molecule has 0 unspecified atom stereocenters. The number of hydrogen-bond acceptors (Lipinski definition) is 3. The number of aromatic nitrogens is 2. The van der Waals surface area contributed by atoms with E-state index in [2.05, 4.69) is 39.0 Å². The van der Waals surface area contributed by atoms with Gasteiger partial charge in [0.05, 0.1) is 5.69 Å². The topological polar surface area (TPSA) is 32.6 Å². The smallest absolute Gasteiger partial charge is 0.152 e. The van der Waals surface area contributed by atoms with Crippen LogP contribution in [0.5, 0.6) is 0 Å². The number of hydrogen-bond donors (Lipinski definition) is 1. The molecule has 1 N–H and O–H groups in total. The van der Waals surface area contributed by atoms with Crippen molar-refractivity contribution >= 4 is 11.5 Å². The molecule has 0 atom stereocenters. The summed E-state index contributed by atoms with van der Waals surface area (Å²) in [7, 11) is 2.00. The van der Waals surface area contributed by atoms with E-state index in [0.29, 0.717) is 0 Å². The summed E-state index contributed by atoms with van der Waals surface area (Å²) in [5.74, 6) is 1.17. The molecule has 1 aliphatic rings. The van der Waals surface area contributed by atoms with Gasteiger partial charge < -0.3 is 14.6 Å². The third-order valence-electron chi connectivity index (χ3n) is 4.11. The van der Waals surface area contributed by atoms with Crippen LogP contribution in [-0.2, 0) is 6.54 Å². The Balaban J connectivity index is 1.97. The fourth-order valence-corrected chi connectivity index (χ4v) is 3.08. The van der Waals surface area contributed by atoms with Crippen molar-refractivity contribution in [3.63, 3.8) is 0 Å². The summed E-state index contributed by atoms with van der Waals surface area (Å²) in [5, 5.41) is 3.28. The van der Waals surface area contributed by atoms with Gasteiger partial charge >= 0.3 is 0 Å². The number of anilines is 1. The summed E-state index contributed by atoms with van der Waals surface area (Å²) in [5.41, 5.74) is 2.33. The Bertz CT molecular complexity index is 553. The first-order chi connectivity index (χ1) is 9.90. The highest BCUT2D eigenvalue weighted by Crippen LogP contribution is 2.24. The van der Waals surface area contributed by atoms with Crippen LogP contribution in [0.4, 0.5) is 5.82 Å². The summed E-state index contributed by atoms with van der Waals surface area (Å²) >= 11 is 0. The van der Waals surface area contributed by atoms with E-state index >= 15 is 0 Å². The molecule has 4 heteroatoms. The summed E-state index contributed by atoms with van der Waals surface area (Å²) in [6.45, 7) is 3.14. The summed E-state index contributed by atoms with van der Waals surface area (Å²) in [6, 6.07) is 6.22. The van der Waals surface area contributed by atoms with Crippen molar-refractivity contribution in [2.75, 3.05) is 25.0 Å². The zero-order chi connectivity index (χ0) is 13.8. The fourth-order valence-electron chi connectivity index (χ4n) is 3.08. The normalized spacial score (nSPS) is 17.1. The van der Waals surface area contributed by atoms with E-state index in [1.54, 1.807) is 0 Å². The highest BCUT2D eigenvalue weighted by atomic mass is 15.2. The quantitative estimate of drug-likeness (QED) is 0.932. The zero-order valence-electron chi connectivity index (χ0n) is 12.3. The van der Waals surface area contributed by atoms with E-state index in [1.165, 1.54) is 43.6 Å². The standard InChI is InChI=1S/C16H24N4/c1-17-13-14-16(18-15-9-5-8-12-20(14)15)19-10-6-3-2-4-7-11-19/h5,8-9,12,17H,2-4,6-7,10-11,13H2,1H3. The molecule has 0 saturated carbocycles. The van der Waals surface area contributed by atoms with E-state index in [0.717, 1.165) is 25.3 Å². The maximum Gasteiger partial charge on any atom is 0.152 e. The Kier molecular flexibility index (Phi) is 4.21. The summed E-state index contributed by atoms with van der Waals surface area (Å²) < 4.78 is 2.21. The van der Waals surface area contributed by atoms with Crippen LogP contribution < -0.4 is 10.2 Å². The largest absolute Gasteiger partial charge is 0.355 e. The van der Waals surface area contributed by atoms with E-state index in [9.17, 15) is 0 Å². The first kappa shape index (κ1) is 13.4. The fraction of sp³-hybridized carbons (Fsp3) is 0.562. The lowest BCUT2D eigenvalue weighted by atomic mass is 10.1. The predicted octanol–water partition coefficient (Wildman–Crippen LogP) is 2.82. The van der Waals surface area contributed by atoms with Gasteiger partial charge in [0.25, 0.3) is 0 Å². The molecule has 1 saturated heterocycles. The Morgan fingerprint density at radius 1 is 1.10 bits per heavy atom. The van der Waals surface area contributed by atoms with Crippen molar-refractivity contribution < 1.29 is 0 Å². The Hall–Kier alpha value is -1.55. The van der Waals surface area contributed by atoms with Gasteiger partial charge in [0.1, 0.15) is 5.65 Å². The first-order valence-electron chi connectivity index (χ1n) is 7.75. The number of nitrogens with zero attached hydrogens (tertiary/aromatic N) is 3. The molecule has 0 radical (unpaired) electrons. The molecule has 3 heterocycles. The maximum atomic E-state index is 4.88. The zero-order valence-corrected chi connectivity index (χ0v) is 12.3. The lowest BCUT2D eigenvalue weighted by Gasteiger charge is -2.25. The van der Waals surface area contributed by atoms with Crippen LogP contribution in [0.1, 0.15) is 37.8 Å². The molecule has 2 aromatic rings. The van der Waals surface area contributed by atoms with Crippen LogP contribution in [0.2, 0.25) is 0 Å². The first-order valence-corrected chi connectivity index (χ1v) is 7.75. The van der Waals surface area contributed by atoms with Crippen molar-refractivity contribution in [3.8, 4) is 0 Å². The number of rotatable bonds is 3. The Morgan fingerprint density at radius 3 is 2.60 bits per heavy atom. The Labute approximate surface area is 120 Å². The van der Waals surface area contributed by atoms with E-state index in [-0.39, 0.29) is 0 Å². The average Bonchev–Trinajstić information content (AvgIpc) is 2.78. The molecule has 0 bridgehead atoms. The van der Waals surface area contributed by atoms with Gasteiger partial charge in [-0.3, -0.25) is 0 Å². The summed E-state index contributed by atoms with van der Waals surface area (Å²) in [4.78, 5) is 7.36. The van der Waals surface area contributed by atoms with Gasteiger partial charge in [0.15, 0.2) is 5.82 Å². The van der Waals surface area contributed by atoms with Crippen LogP contribution in [0.15, 0.2) is 24.4 Å². The lowest BCUT2D eigenvalue weighted by Crippen LogP contribution is -2.29. The van der Waals surface area contributed by atoms with Crippen molar-refractivity contribution in [3.05, 3.63) is 30.1 Å². The molecule has 2 aromatic heterocycles. The molecular weight excluding hydrogens is 248 g/mol. The van der Waals surface area contributed by atoms with Crippen molar-refractivity contribution in [1.29, 1.82) is 0 Å². The molecular formula is C16H24N4. The van der Waals surface area contributed by atoms with E-state index in [4.69, 9.17) is 4.98 Å². The molecule has 0 amide bonds. The summed E-state index contributed by atoms with van der Waals surface area (Å²) in [6.07, 6.45) is 8.78. The third kappa shape index (κ3) is 2.66. The van der Waals surface area contributed by atoms with E-state index < -0.39 is 0 Å². The van der Waals surface area contributed by atoms with Crippen LogP contribution in [-0.4, -0.2) is 29.5 Å². The second kappa shape index (κ2) is 6.27. The monoisotopic (exact) mass is 272 g/mol. The van der Waals surface area contributed by atoms with Gasteiger partial charge in [-0.1, -0.05) is 25.3 Å². The van der Waals surface area contributed by atoms with Gasteiger partial charge in [-0.05, 0) is 32.0 Å². The molecule has 3 rings (SSSR count). The van der Waals surface area contributed by atoms with Gasteiger partial charge in [-0.15, -0.1) is 0 Å². The number of nitrogens with one attached hydrogen (secondary N) is 1. The number of imidazole rings is 1. The minimum absolute atomic E-state index is 0.858. The lowest BCUT2D eigenvalue weighted by molar-refractivity contribution is 0.552. The molecule has 0 aliphatic carbocycles. The third-order valence-corrected chi connectivity index (χ3v) is 4.11. The molecule has 20 heavy (non-hydrogen) atoms. The highest BCUT2D eigenvalue weighted by molar-refractivity contribution is 5.56. The number of fused-ring (bicyclic) bond motifs is 1. The average molecular weight is 272 g/mol. The molecule has 0 aromatic carbocycles. The Morgan fingerprint density at radius 2 is 1.85 bits per heavy atom. The van der Waals surface area contributed by atoms with Crippen LogP contribution >= 0.6 is 0 Å². The minimum atomic E-state index is 0.858. The SMILES string of the molecule is CNCc1c(N2CCCCCCC2)nc2ccccn12. The molecule has 1 aliphatic heterocycles. The second-order valence-electron chi connectivity index (χ2n) is 5.60.